The minimum absolute atomic E-state index is 0.113. The molecule has 1 aliphatic carbocycles. The van der Waals surface area contributed by atoms with E-state index in [1.54, 1.807) is 11.8 Å². The van der Waals surface area contributed by atoms with Crippen LogP contribution in [0.25, 0.3) is 0 Å². The van der Waals surface area contributed by atoms with E-state index in [9.17, 15) is 4.79 Å². The van der Waals surface area contributed by atoms with E-state index in [1.807, 2.05) is 18.2 Å². The molecular formula is C14H19BrN2OS. The van der Waals surface area contributed by atoms with E-state index in [1.165, 1.54) is 17.7 Å². The lowest BCUT2D eigenvalue weighted by Gasteiger charge is -2.15. The quantitative estimate of drug-likeness (QED) is 0.749. The van der Waals surface area contributed by atoms with Crippen molar-refractivity contribution in [1.29, 1.82) is 0 Å². The van der Waals surface area contributed by atoms with Crippen LogP contribution in [-0.2, 0) is 4.79 Å². The second-order valence-corrected chi connectivity index (χ2v) is 6.77. The zero-order valence-corrected chi connectivity index (χ0v) is 13.2. The van der Waals surface area contributed by atoms with Crippen LogP contribution in [0.4, 0.5) is 0 Å². The predicted molar refractivity (Wildman–Crippen MR) is 83.2 cm³/mol. The molecule has 3 nitrogen and oxygen atoms in total. The van der Waals surface area contributed by atoms with Crippen molar-refractivity contribution in [3.63, 3.8) is 0 Å². The molecule has 1 aliphatic rings. The molecule has 1 unspecified atom stereocenters. The van der Waals surface area contributed by atoms with Crippen LogP contribution in [0.5, 0.6) is 0 Å². The number of rotatable bonds is 7. The van der Waals surface area contributed by atoms with E-state index < -0.39 is 0 Å². The second-order valence-electron chi connectivity index (χ2n) is 4.78. The van der Waals surface area contributed by atoms with Crippen molar-refractivity contribution in [1.82, 2.24) is 5.32 Å². The van der Waals surface area contributed by atoms with Crippen molar-refractivity contribution in [3.8, 4) is 0 Å². The highest BCUT2D eigenvalue weighted by Gasteiger charge is 2.30. The Balaban J connectivity index is 1.70. The van der Waals surface area contributed by atoms with Gasteiger partial charge in [0, 0.05) is 34.1 Å². The van der Waals surface area contributed by atoms with Crippen LogP contribution < -0.4 is 11.1 Å². The van der Waals surface area contributed by atoms with Crippen LogP contribution in [0.3, 0.4) is 0 Å². The molecule has 1 aromatic rings. The Kier molecular flexibility index (Phi) is 5.73. The van der Waals surface area contributed by atoms with E-state index in [0.717, 1.165) is 10.2 Å². The fourth-order valence-electron chi connectivity index (χ4n) is 1.96. The highest BCUT2D eigenvalue weighted by atomic mass is 79.9. The first-order valence-electron chi connectivity index (χ1n) is 6.57. The van der Waals surface area contributed by atoms with Crippen LogP contribution in [0, 0.1) is 5.92 Å². The molecule has 1 aromatic carbocycles. The van der Waals surface area contributed by atoms with Gasteiger partial charge >= 0.3 is 0 Å². The number of benzene rings is 1. The highest BCUT2D eigenvalue weighted by molar-refractivity contribution is 9.10. The molecule has 2 rings (SSSR count). The SMILES string of the molecule is NCC(NC(=O)CCSc1ccccc1Br)C1CC1. The maximum atomic E-state index is 11.8. The number of carbonyl (C=O) groups is 1. The summed E-state index contributed by atoms with van der Waals surface area (Å²) >= 11 is 5.20. The Bertz CT molecular complexity index is 437. The van der Waals surface area contributed by atoms with Gasteiger partial charge in [0.1, 0.15) is 0 Å². The summed E-state index contributed by atoms with van der Waals surface area (Å²) in [5, 5.41) is 3.04. The van der Waals surface area contributed by atoms with Gasteiger partial charge in [0.25, 0.3) is 0 Å². The van der Waals surface area contributed by atoms with Gasteiger partial charge < -0.3 is 11.1 Å². The maximum absolute atomic E-state index is 11.8. The van der Waals surface area contributed by atoms with E-state index in [2.05, 4.69) is 27.3 Å². The lowest BCUT2D eigenvalue weighted by molar-refractivity contribution is -0.121. The Morgan fingerprint density at radius 1 is 1.47 bits per heavy atom. The minimum Gasteiger partial charge on any atom is -0.352 e. The minimum atomic E-state index is 0.113. The van der Waals surface area contributed by atoms with Crippen LogP contribution in [0.1, 0.15) is 19.3 Å². The number of thioether (sulfide) groups is 1. The number of hydrogen-bond acceptors (Lipinski definition) is 3. The van der Waals surface area contributed by atoms with E-state index in [0.29, 0.717) is 18.9 Å². The summed E-state index contributed by atoms with van der Waals surface area (Å²) < 4.78 is 1.08. The number of nitrogens with one attached hydrogen (secondary N) is 1. The topological polar surface area (TPSA) is 55.1 Å². The molecule has 0 heterocycles. The molecule has 0 radical (unpaired) electrons. The molecule has 1 fully saturated rings. The van der Waals surface area contributed by atoms with Crippen molar-refractivity contribution < 1.29 is 4.79 Å². The fourth-order valence-corrected chi connectivity index (χ4v) is 3.48. The predicted octanol–water partition coefficient (Wildman–Crippen LogP) is 2.78. The Morgan fingerprint density at radius 2 is 2.21 bits per heavy atom. The number of nitrogens with two attached hydrogens (primary N) is 1. The average molecular weight is 343 g/mol. The lowest BCUT2D eigenvalue weighted by atomic mass is 10.2. The Labute approximate surface area is 126 Å². The van der Waals surface area contributed by atoms with Gasteiger partial charge in [0.15, 0.2) is 0 Å². The number of amides is 1. The maximum Gasteiger partial charge on any atom is 0.221 e. The van der Waals surface area contributed by atoms with Crippen molar-refractivity contribution >= 4 is 33.6 Å². The molecule has 0 spiro atoms. The summed E-state index contributed by atoms with van der Waals surface area (Å²) in [4.78, 5) is 13.0. The largest absolute Gasteiger partial charge is 0.352 e. The van der Waals surface area contributed by atoms with Crippen molar-refractivity contribution in [2.24, 2.45) is 11.7 Å². The summed E-state index contributed by atoms with van der Waals surface area (Å²) in [5.74, 6) is 1.52. The average Bonchev–Trinajstić information content (AvgIpc) is 3.22. The van der Waals surface area contributed by atoms with Gasteiger partial charge in [-0.25, -0.2) is 0 Å². The third-order valence-electron chi connectivity index (χ3n) is 3.21. The van der Waals surface area contributed by atoms with Crippen LogP contribution in [-0.4, -0.2) is 24.2 Å². The van der Waals surface area contributed by atoms with Crippen LogP contribution in [0.15, 0.2) is 33.6 Å². The van der Waals surface area contributed by atoms with Gasteiger partial charge in [-0.2, -0.15) is 0 Å². The molecule has 1 amide bonds. The normalized spacial score (nSPS) is 16.1. The zero-order chi connectivity index (χ0) is 13.7. The number of carbonyl (C=O) groups excluding carboxylic acids is 1. The third kappa shape index (κ3) is 4.82. The highest BCUT2D eigenvalue weighted by Crippen LogP contribution is 2.32. The molecule has 0 saturated heterocycles. The molecule has 0 aromatic heterocycles. The summed E-state index contributed by atoms with van der Waals surface area (Å²) in [5.41, 5.74) is 5.68. The summed E-state index contributed by atoms with van der Waals surface area (Å²) in [6, 6.07) is 8.24. The third-order valence-corrected chi connectivity index (χ3v) is 5.24. The molecule has 3 N–H and O–H groups in total. The summed E-state index contributed by atoms with van der Waals surface area (Å²) in [6.07, 6.45) is 2.94. The fraction of sp³-hybridized carbons (Fsp3) is 0.500. The van der Waals surface area contributed by atoms with Crippen LogP contribution >= 0.6 is 27.7 Å². The smallest absolute Gasteiger partial charge is 0.221 e. The van der Waals surface area contributed by atoms with Crippen molar-refractivity contribution in [2.75, 3.05) is 12.3 Å². The molecule has 19 heavy (non-hydrogen) atoms. The van der Waals surface area contributed by atoms with Gasteiger partial charge in [-0.05, 0) is 46.8 Å². The molecule has 104 valence electrons. The van der Waals surface area contributed by atoms with E-state index >= 15 is 0 Å². The second kappa shape index (κ2) is 7.31. The number of hydrogen-bond donors (Lipinski definition) is 2. The Hall–Kier alpha value is -0.520. The van der Waals surface area contributed by atoms with Crippen molar-refractivity contribution in [3.05, 3.63) is 28.7 Å². The first kappa shape index (κ1) is 14.9. The van der Waals surface area contributed by atoms with E-state index in [-0.39, 0.29) is 11.9 Å². The summed E-state index contributed by atoms with van der Waals surface area (Å²) in [6.45, 7) is 0.549. The summed E-state index contributed by atoms with van der Waals surface area (Å²) in [7, 11) is 0. The standard InChI is InChI=1S/C14H19BrN2OS/c15-11-3-1-2-4-13(11)19-8-7-14(18)17-12(9-16)10-5-6-10/h1-4,10,12H,5-9,16H2,(H,17,18). The van der Waals surface area contributed by atoms with Crippen molar-refractivity contribution in [2.45, 2.75) is 30.2 Å². The zero-order valence-electron chi connectivity index (χ0n) is 10.8. The molecular weight excluding hydrogens is 324 g/mol. The molecule has 0 bridgehead atoms. The van der Waals surface area contributed by atoms with Gasteiger partial charge in [0.2, 0.25) is 5.91 Å². The molecule has 5 heteroatoms. The van der Waals surface area contributed by atoms with Gasteiger partial charge in [-0.15, -0.1) is 11.8 Å². The van der Waals surface area contributed by atoms with Crippen LogP contribution in [0.2, 0.25) is 0 Å². The van der Waals surface area contributed by atoms with Gasteiger partial charge in [-0.3, -0.25) is 4.79 Å². The monoisotopic (exact) mass is 342 g/mol. The first-order valence-corrected chi connectivity index (χ1v) is 8.35. The Morgan fingerprint density at radius 3 is 2.84 bits per heavy atom. The van der Waals surface area contributed by atoms with Gasteiger partial charge in [-0.1, -0.05) is 12.1 Å². The molecule has 1 saturated carbocycles. The van der Waals surface area contributed by atoms with E-state index in [4.69, 9.17) is 5.73 Å². The molecule has 1 atom stereocenters. The first-order chi connectivity index (χ1) is 9.20. The molecule has 0 aliphatic heterocycles. The van der Waals surface area contributed by atoms with Gasteiger partial charge in [0.05, 0.1) is 0 Å². The number of halogens is 1. The lowest BCUT2D eigenvalue weighted by Crippen LogP contribution is -2.41.